The highest BCUT2D eigenvalue weighted by Crippen LogP contribution is 2.39. The molecule has 1 aliphatic rings. The summed E-state index contributed by atoms with van der Waals surface area (Å²) >= 11 is 13.7. The number of fused-ring (bicyclic) bond motifs is 1. The molecule has 11 nitrogen and oxygen atoms in total. The first kappa shape index (κ1) is 28.9. The molecule has 0 spiro atoms. The second kappa shape index (κ2) is 13.8. The number of carbonyl (C=O) groups is 4. The highest BCUT2D eigenvalue weighted by molar-refractivity contribution is 7.99. The second-order valence-electron chi connectivity index (χ2n) is 8.44. The normalized spacial score (nSPS) is 12.4. The summed E-state index contributed by atoms with van der Waals surface area (Å²) < 4.78 is 1.45. The van der Waals surface area contributed by atoms with E-state index in [0.29, 0.717) is 16.4 Å². The average Bonchev–Trinajstić information content (AvgIpc) is 3.50. The van der Waals surface area contributed by atoms with Gasteiger partial charge in [-0.15, -0.1) is 44.7 Å². The van der Waals surface area contributed by atoms with Crippen molar-refractivity contribution >= 4 is 74.9 Å². The van der Waals surface area contributed by atoms with E-state index in [2.05, 4.69) is 31.8 Å². The number of thioether (sulfide) groups is 1. The van der Waals surface area contributed by atoms with Gasteiger partial charge in [0.15, 0.2) is 5.82 Å². The van der Waals surface area contributed by atoms with Crippen LogP contribution in [0.25, 0.3) is 0 Å². The zero-order valence-corrected chi connectivity index (χ0v) is 23.7. The Kier molecular flexibility index (Phi) is 10.2. The van der Waals surface area contributed by atoms with Crippen molar-refractivity contribution in [3.63, 3.8) is 0 Å². The molecule has 206 valence electrons. The van der Waals surface area contributed by atoms with Crippen LogP contribution in [0, 0.1) is 0 Å². The minimum Gasteiger partial charge on any atom is -0.316 e. The molecule has 4 amide bonds. The molecule has 0 bridgehead atoms. The lowest BCUT2D eigenvalue weighted by Crippen LogP contribution is -2.43. The van der Waals surface area contributed by atoms with E-state index in [1.807, 2.05) is 0 Å². The van der Waals surface area contributed by atoms with Crippen molar-refractivity contribution in [3.05, 3.63) is 57.7 Å². The number of alkyl halides is 2. The highest BCUT2D eigenvalue weighted by Gasteiger charge is 2.25. The number of hydrazine groups is 1. The zero-order chi connectivity index (χ0) is 27.8. The molecular formula is C24H25Cl2N7O4S2. The molecule has 4 rings (SSSR count). The molecule has 3 aromatic rings. The number of thiophene rings is 1. The van der Waals surface area contributed by atoms with Crippen LogP contribution >= 0.6 is 46.3 Å². The number of carbonyl (C=O) groups excluding carboxylic acids is 4. The molecule has 0 aliphatic heterocycles. The molecular weight excluding hydrogens is 585 g/mol. The summed E-state index contributed by atoms with van der Waals surface area (Å²) in [6, 6.07) is 8.66. The smallest absolute Gasteiger partial charge is 0.270 e. The third kappa shape index (κ3) is 7.50. The van der Waals surface area contributed by atoms with Gasteiger partial charge in [0.1, 0.15) is 11.8 Å². The lowest BCUT2D eigenvalue weighted by Gasteiger charge is -2.15. The highest BCUT2D eigenvalue weighted by atomic mass is 35.5. The van der Waals surface area contributed by atoms with Crippen molar-refractivity contribution < 1.29 is 19.2 Å². The lowest BCUT2D eigenvalue weighted by molar-refractivity contribution is -0.126. The van der Waals surface area contributed by atoms with Crippen LogP contribution in [0.2, 0.25) is 0 Å². The van der Waals surface area contributed by atoms with Gasteiger partial charge in [-0.05, 0) is 48.9 Å². The van der Waals surface area contributed by atoms with Gasteiger partial charge in [0, 0.05) is 16.9 Å². The van der Waals surface area contributed by atoms with Crippen molar-refractivity contribution in [1.82, 2.24) is 25.7 Å². The number of aryl methyl sites for hydroxylation is 1. The molecule has 0 fully saturated rings. The van der Waals surface area contributed by atoms with E-state index in [9.17, 15) is 19.2 Å². The van der Waals surface area contributed by atoms with Gasteiger partial charge in [-0.2, -0.15) is 0 Å². The first-order valence-corrected chi connectivity index (χ1v) is 14.8. The van der Waals surface area contributed by atoms with Crippen LogP contribution in [0.1, 0.15) is 45.0 Å². The molecule has 2 aromatic heterocycles. The van der Waals surface area contributed by atoms with Crippen LogP contribution in [0.5, 0.6) is 0 Å². The first-order valence-electron chi connectivity index (χ1n) is 12.0. The van der Waals surface area contributed by atoms with Crippen LogP contribution in [0.3, 0.4) is 0 Å². The Morgan fingerprint density at radius 1 is 0.949 bits per heavy atom. The molecule has 0 radical (unpaired) electrons. The number of nitrogens with one attached hydrogen (secondary N) is 4. The SMILES string of the molecule is O=C(CCl)NNC(=O)CSc1nnc(Cc2c(NC(=O)CCl)sc3c2CCCC3)n1NC(=O)c1ccccc1. The van der Waals surface area contributed by atoms with Gasteiger partial charge in [0.2, 0.25) is 17.0 Å². The monoisotopic (exact) mass is 609 g/mol. The molecule has 0 atom stereocenters. The van der Waals surface area contributed by atoms with Crippen molar-refractivity contribution in [2.45, 2.75) is 37.3 Å². The number of amides is 4. The number of rotatable bonds is 10. The number of nitrogens with zero attached hydrogens (tertiary/aromatic N) is 3. The summed E-state index contributed by atoms with van der Waals surface area (Å²) in [6.07, 6.45) is 4.20. The Morgan fingerprint density at radius 3 is 2.41 bits per heavy atom. The summed E-state index contributed by atoms with van der Waals surface area (Å²) in [6.45, 7) is 0. The molecule has 4 N–H and O–H groups in total. The van der Waals surface area contributed by atoms with E-state index >= 15 is 0 Å². The van der Waals surface area contributed by atoms with Crippen LogP contribution < -0.4 is 21.6 Å². The topological polar surface area (TPSA) is 147 Å². The average molecular weight is 611 g/mol. The Morgan fingerprint density at radius 2 is 1.67 bits per heavy atom. The second-order valence-corrected chi connectivity index (χ2v) is 11.0. The third-order valence-electron chi connectivity index (χ3n) is 5.73. The van der Waals surface area contributed by atoms with Gasteiger partial charge in [-0.25, -0.2) is 4.68 Å². The van der Waals surface area contributed by atoms with Crippen molar-refractivity contribution in [2.24, 2.45) is 0 Å². The van der Waals surface area contributed by atoms with Crippen LogP contribution in [0.15, 0.2) is 35.5 Å². The van der Waals surface area contributed by atoms with E-state index in [4.69, 9.17) is 23.2 Å². The third-order valence-corrected chi connectivity index (χ3v) is 8.40. The lowest BCUT2D eigenvalue weighted by atomic mass is 9.94. The number of anilines is 1. The molecule has 0 saturated heterocycles. The molecule has 1 aromatic carbocycles. The van der Waals surface area contributed by atoms with Crippen molar-refractivity contribution in [2.75, 3.05) is 28.3 Å². The number of hydrogen-bond donors (Lipinski definition) is 4. The summed E-state index contributed by atoms with van der Waals surface area (Å²) in [5, 5.41) is 12.4. The summed E-state index contributed by atoms with van der Waals surface area (Å²) in [5.74, 6) is -1.90. The Bertz CT molecular complexity index is 1360. The fraction of sp³-hybridized carbons (Fsp3) is 0.333. The number of benzene rings is 1. The van der Waals surface area contributed by atoms with E-state index in [0.717, 1.165) is 43.0 Å². The molecule has 39 heavy (non-hydrogen) atoms. The van der Waals surface area contributed by atoms with Gasteiger partial charge in [-0.3, -0.25) is 35.5 Å². The Labute approximate surface area is 242 Å². The van der Waals surface area contributed by atoms with E-state index in [1.165, 1.54) is 26.5 Å². The Balaban J connectivity index is 1.62. The summed E-state index contributed by atoms with van der Waals surface area (Å²) in [4.78, 5) is 49.9. The van der Waals surface area contributed by atoms with Gasteiger partial charge < -0.3 is 5.32 Å². The Hall–Kier alpha value is -3.13. The predicted molar refractivity (Wildman–Crippen MR) is 151 cm³/mol. The fourth-order valence-corrected chi connectivity index (χ4v) is 6.12. The predicted octanol–water partition coefficient (Wildman–Crippen LogP) is 2.85. The van der Waals surface area contributed by atoms with Crippen LogP contribution in [0.4, 0.5) is 5.00 Å². The van der Waals surface area contributed by atoms with Gasteiger partial charge >= 0.3 is 0 Å². The maximum atomic E-state index is 13.0. The minimum atomic E-state index is -0.549. The van der Waals surface area contributed by atoms with Crippen LogP contribution in [-0.4, -0.2) is 56.0 Å². The fourth-order valence-electron chi connectivity index (χ4n) is 3.95. The minimum absolute atomic E-state index is 0.118. The standard InChI is InChI=1S/C24H25Cl2N7O4S2/c25-11-19(34)27-23-16(15-8-4-5-9-17(15)39-23)10-18-28-31-24(38-13-21(36)30-29-20(35)12-26)33(18)32-22(37)14-6-2-1-3-7-14/h1-3,6-7H,4-5,8-13H2,(H,27,34)(H,29,35)(H,30,36)(H,32,37). The summed E-state index contributed by atoms with van der Waals surface area (Å²) in [5.41, 5.74) is 9.79. The van der Waals surface area contributed by atoms with E-state index < -0.39 is 11.8 Å². The number of aromatic nitrogens is 3. The summed E-state index contributed by atoms with van der Waals surface area (Å²) in [7, 11) is 0. The molecule has 2 heterocycles. The zero-order valence-electron chi connectivity index (χ0n) is 20.6. The van der Waals surface area contributed by atoms with E-state index in [1.54, 1.807) is 30.3 Å². The van der Waals surface area contributed by atoms with Gasteiger partial charge in [-0.1, -0.05) is 30.0 Å². The maximum absolute atomic E-state index is 13.0. The van der Waals surface area contributed by atoms with Gasteiger partial charge in [0.25, 0.3) is 11.8 Å². The molecule has 15 heteroatoms. The van der Waals surface area contributed by atoms with Gasteiger partial charge in [0.05, 0.1) is 10.8 Å². The van der Waals surface area contributed by atoms with Crippen molar-refractivity contribution in [1.29, 1.82) is 0 Å². The van der Waals surface area contributed by atoms with E-state index in [-0.39, 0.29) is 40.9 Å². The number of hydrogen-bond acceptors (Lipinski definition) is 8. The maximum Gasteiger partial charge on any atom is 0.270 e. The van der Waals surface area contributed by atoms with Crippen LogP contribution in [-0.2, 0) is 33.6 Å². The molecule has 0 unspecified atom stereocenters. The quantitative estimate of drug-likeness (QED) is 0.157. The number of halogens is 2. The molecule has 1 aliphatic carbocycles. The largest absolute Gasteiger partial charge is 0.316 e. The van der Waals surface area contributed by atoms with Crippen molar-refractivity contribution in [3.8, 4) is 0 Å². The molecule has 0 saturated carbocycles. The first-order chi connectivity index (χ1) is 18.9.